The molecule has 7 nitrogen and oxygen atoms in total. The molecule has 10 heteroatoms. The standard InChI is InChI=1S/C32H36F3N5O2/c33-32(34,35)24-10-7-13-26(20-24)37-31(42)38-27-14-15-29(28(21-27)30(41)36-25-11-5-2-6-12-25)40-18-16-39(17-19-40)22-23-8-3-1-4-9-23/h1,3-4,7-10,13-15,20-21,25H,2,5-6,11-12,16-19,22H2,(H,36,41)(H2,37,38,42). The number of hydrogen-bond acceptors (Lipinski definition) is 4. The van der Waals surface area contributed by atoms with Crippen molar-refractivity contribution in [1.82, 2.24) is 10.2 Å². The average molecular weight is 580 g/mol. The third kappa shape index (κ3) is 7.82. The summed E-state index contributed by atoms with van der Waals surface area (Å²) in [5, 5.41) is 8.31. The molecule has 1 saturated carbocycles. The van der Waals surface area contributed by atoms with Crippen LogP contribution in [0.15, 0.2) is 72.8 Å². The van der Waals surface area contributed by atoms with Gasteiger partial charge in [-0.3, -0.25) is 9.69 Å². The van der Waals surface area contributed by atoms with Gasteiger partial charge < -0.3 is 20.9 Å². The number of halogens is 3. The van der Waals surface area contributed by atoms with Gasteiger partial charge in [0.15, 0.2) is 0 Å². The molecule has 0 aromatic heterocycles. The third-order valence-electron chi connectivity index (χ3n) is 7.85. The number of alkyl halides is 3. The summed E-state index contributed by atoms with van der Waals surface area (Å²) in [6, 6.07) is 19.4. The van der Waals surface area contributed by atoms with Crippen molar-refractivity contribution in [3.8, 4) is 0 Å². The molecule has 2 fully saturated rings. The molecule has 0 atom stereocenters. The minimum Gasteiger partial charge on any atom is -0.368 e. The van der Waals surface area contributed by atoms with Crippen molar-refractivity contribution in [2.75, 3.05) is 41.7 Å². The van der Waals surface area contributed by atoms with E-state index in [2.05, 4.69) is 37.9 Å². The maximum atomic E-state index is 13.6. The number of piperazine rings is 1. The quantitative estimate of drug-likeness (QED) is 0.290. The first-order valence-electron chi connectivity index (χ1n) is 14.5. The monoisotopic (exact) mass is 579 g/mol. The maximum absolute atomic E-state index is 13.6. The number of nitrogens with zero attached hydrogens (tertiary/aromatic N) is 2. The highest BCUT2D eigenvalue weighted by atomic mass is 19.4. The Balaban J connectivity index is 1.29. The summed E-state index contributed by atoms with van der Waals surface area (Å²) in [5.74, 6) is -0.189. The highest BCUT2D eigenvalue weighted by Gasteiger charge is 2.30. The lowest BCUT2D eigenvalue weighted by Gasteiger charge is -2.37. The second kappa shape index (κ2) is 13.3. The van der Waals surface area contributed by atoms with Gasteiger partial charge in [0.1, 0.15) is 0 Å². The van der Waals surface area contributed by atoms with Crippen molar-refractivity contribution in [2.45, 2.75) is 50.9 Å². The lowest BCUT2D eigenvalue weighted by atomic mass is 9.95. The van der Waals surface area contributed by atoms with Crippen molar-refractivity contribution in [3.63, 3.8) is 0 Å². The normalized spacial score (nSPS) is 16.6. The SMILES string of the molecule is O=C(Nc1cccc(C(F)(F)F)c1)Nc1ccc(N2CCN(Cc3ccccc3)CC2)c(C(=O)NC2CCCCC2)c1. The Kier molecular flexibility index (Phi) is 9.31. The van der Waals surface area contributed by atoms with Crippen molar-refractivity contribution in [2.24, 2.45) is 0 Å². The minimum atomic E-state index is -4.52. The molecular formula is C32H36F3N5O2. The maximum Gasteiger partial charge on any atom is 0.416 e. The van der Waals surface area contributed by atoms with Gasteiger partial charge in [0.2, 0.25) is 0 Å². The molecule has 3 aromatic carbocycles. The Labute approximate surface area is 244 Å². The van der Waals surface area contributed by atoms with Gasteiger partial charge in [-0.25, -0.2) is 4.79 Å². The zero-order chi connectivity index (χ0) is 29.5. The molecule has 1 heterocycles. The Morgan fingerprint density at radius 2 is 1.48 bits per heavy atom. The molecule has 42 heavy (non-hydrogen) atoms. The van der Waals surface area contributed by atoms with E-state index in [1.54, 1.807) is 12.1 Å². The molecule has 3 amide bonds. The van der Waals surface area contributed by atoms with Crippen LogP contribution in [0.2, 0.25) is 0 Å². The van der Waals surface area contributed by atoms with Crippen molar-refractivity contribution in [3.05, 3.63) is 89.5 Å². The van der Waals surface area contributed by atoms with E-state index in [1.807, 2.05) is 24.3 Å². The van der Waals surface area contributed by atoms with Crippen LogP contribution in [0.5, 0.6) is 0 Å². The second-order valence-corrected chi connectivity index (χ2v) is 10.9. The summed E-state index contributed by atoms with van der Waals surface area (Å²) < 4.78 is 39.2. The molecule has 3 N–H and O–H groups in total. The molecule has 1 aliphatic carbocycles. The molecule has 3 aromatic rings. The topological polar surface area (TPSA) is 76.7 Å². The first kappa shape index (κ1) is 29.4. The summed E-state index contributed by atoms with van der Waals surface area (Å²) in [4.78, 5) is 30.8. The van der Waals surface area contributed by atoms with E-state index >= 15 is 0 Å². The highest BCUT2D eigenvalue weighted by Crippen LogP contribution is 2.31. The van der Waals surface area contributed by atoms with E-state index in [-0.39, 0.29) is 17.6 Å². The largest absolute Gasteiger partial charge is 0.416 e. The van der Waals surface area contributed by atoms with Gasteiger partial charge in [0, 0.05) is 55.8 Å². The molecule has 1 aliphatic heterocycles. The Morgan fingerprint density at radius 1 is 0.786 bits per heavy atom. The molecule has 0 spiro atoms. The second-order valence-electron chi connectivity index (χ2n) is 10.9. The number of carbonyl (C=O) groups excluding carboxylic acids is 2. The molecule has 1 saturated heterocycles. The Hall–Kier alpha value is -4.05. The molecule has 222 valence electrons. The fraction of sp³-hybridized carbons (Fsp3) is 0.375. The van der Waals surface area contributed by atoms with Gasteiger partial charge in [-0.15, -0.1) is 0 Å². The lowest BCUT2D eigenvalue weighted by Crippen LogP contribution is -2.46. The molecule has 2 aliphatic rings. The number of hydrogen-bond donors (Lipinski definition) is 3. The summed E-state index contributed by atoms with van der Waals surface area (Å²) in [7, 11) is 0. The van der Waals surface area contributed by atoms with E-state index in [0.29, 0.717) is 11.3 Å². The molecule has 0 unspecified atom stereocenters. The van der Waals surface area contributed by atoms with Gasteiger partial charge in [-0.1, -0.05) is 55.7 Å². The van der Waals surface area contributed by atoms with Crippen LogP contribution >= 0.6 is 0 Å². The third-order valence-corrected chi connectivity index (χ3v) is 7.85. The van der Waals surface area contributed by atoms with E-state index in [1.165, 1.54) is 24.1 Å². The van der Waals surface area contributed by atoms with E-state index in [9.17, 15) is 22.8 Å². The van der Waals surface area contributed by atoms with Crippen LogP contribution in [0.25, 0.3) is 0 Å². The van der Waals surface area contributed by atoms with Gasteiger partial charge in [-0.2, -0.15) is 13.2 Å². The number of nitrogens with one attached hydrogen (secondary N) is 3. The number of carbonyl (C=O) groups is 2. The van der Waals surface area contributed by atoms with Gasteiger partial charge in [-0.05, 0) is 54.8 Å². The zero-order valence-corrected chi connectivity index (χ0v) is 23.4. The smallest absolute Gasteiger partial charge is 0.368 e. The first-order valence-corrected chi connectivity index (χ1v) is 14.5. The number of rotatable bonds is 7. The van der Waals surface area contributed by atoms with Crippen LogP contribution in [0.1, 0.15) is 53.6 Å². The minimum absolute atomic E-state index is 0.0163. The number of anilines is 3. The van der Waals surface area contributed by atoms with E-state index in [0.717, 1.165) is 76.2 Å². The van der Waals surface area contributed by atoms with Crippen molar-refractivity contribution in [1.29, 1.82) is 0 Å². The summed E-state index contributed by atoms with van der Waals surface area (Å²) in [6.07, 6.45) is 0.701. The van der Waals surface area contributed by atoms with Gasteiger partial charge >= 0.3 is 12.2 Å². The van der Waals surface area contributed by atoms with Crippen LogP contribution < -0.4 is 20.9 Å². The molecule has 0 bridgehead atoms. The molecule has 0 radical (unpaired) electrons. The Morgan fingerprint density at radius 3 is 2.17 bits per heavy atom. The lowest BCUT2D eigenvalue weighted by molar-refractivity contribution is -0.137. The summed E-state index contributed by atoms with van der Waals surface area (Å²) >= 11 is 0. The van der Waals surface area contributed by atoms with E-state index < -0.39 is 17.8 Å². The summed E-state index contributed by atoms with van der Waals surface area (Å²) in [6.45, 7) is 4.06. The van der Waals surface area contributed by atoms with Crippen LogP contribution in [0.4, 0.5) is 35.0 Å². The first-order chi connectivity index (χ1) is 20.2. The fourth-order valence-electron chi connectivity index (χ4n) is 5.64. The number of amides is 3. The van der Waals surface area contributed by atoms with Crippen molar-refractivity contribution >= 4 is 29.0 Å². The van der Waals surface area contributed by atoms with Crippen LogP contribution in [-0.4, -0.2) is 49.1 Å². The fourth-order valence-corrected chi connectivity index (χ4v) is 5.64. The molecular weight excluding hydrogens is 543 g/mol. The zero-order valence-electron chi connectivity index (χ0n) is 23.4. The molecule has 5 rings (SSSR count). The van der Waals surface area contributed by atoms with Gasteiger partial charge in [0.05, 0.1) is 11.1 Å². The Bertz CT molecular complexity index is 1370. The number of benzene rings is 3. The highest BCUT2D eigenvalue weighted by molar-refractivity contribution is 6.04. The average Bonchev–Trinajstić information content (AvgIpc) is 2.98. The predicted molar refractivity (Wildman–Crippen MR) is 159 cm³/mol. The van der Waals surface area contributed by atoms with E-state index in [4.69, 9.17) is 0 Å². The van der Waals surface area contributed by atoms with Crippen LogP contribution in [-0.2, 0) is 12.7 Å². The van der Waals surface area contributed by atoms with Crippen molar-refractivity contribution < 1.29 is 22.8 Å². The summed E-state index contributed by atoms with van der Waals surface area (Å²) in [5.41, 5.74) is 2.07. The predicted octanol–water partition coefficient (Wildman–Crippen LogP) is 6.73. The van der Waals surface area contributed by atoms with Crippen LogP contribution in [0.3, 0.4) is 0 Å². The van der Waals surface area contributed by atoms with Crippen LogP contribution in [0, 0.1) is 0 Å². The number of urea groups is 1. The van der Waals surface area contributed by atoms with Gasteiger partial charge in [0.25, 0.3) is 5.91 Å².